The van der Waals surface area contributed by atoms with Gasteiger partial charge in [-0.05, 0) is 75.5 Å². The molecule has 0 aromatic heterocycles. The molecule has 4 N–H and O–H groups in total. The monoisotopic (exact) mass is 739 g/mol. The molecule has 0 radical (unpaired) electrons. The normalized spacial score (nSPS) is 14.0. The summed E-state index contributed by atoms with van der Waals surface area (Å²) in [4.78, 5) is 2.55. The number of rotatable bonds is 34. The minimum Gasteiger partial charge on any atom is -0.397 e. The molecule has 0 aliphatic carbocycles. The number of hydrogen-bond acceptors (Lipinski definition) is 7. The molecule has 1 aromatic carbocycles. The SMILES string of the molecule is CCCCCCCCCCC(C)(C)N(CSP(OCC(CC)CCCC)OCC(CC)CCCCC)CN(N)c1cc(CCCC)ccc1N. The fourth-order valence-electron chi connectivity index (χ4n) is 6.44. The van der Waals surface area contributed by atoms with Gasteiger partial charge in [0.25, 0.3) is 0 Å². The molecule has 1 rings (SSSR count). The Bertz CT molecular complexity index is 939. The summed E-state index contributed by atoms with van der Waals surface area (Å²) in [6, 6.07) is 6.38. The van der Waals surface area contributed by atoms with Gasteiger partial charge < -0.3 is 14.8 Å². The van der Waals surface area contributed by atoms with E-state index in [4.69, 9.17) is 20.6 Å². The van der Waals surface area contributed by atoms with Crippen LogP contribution in [-0.4, -0.2) is 36.2 Å². The van der Waals surface area contributed by atoms with E-state index >= 15 is 0 Å². The van der Waals surface area contributed by atoms with E-state index in [1.807, 2.05) is 22.5 Å². The van der Waals surface area contributed by atoms with E-state index in [1.54, 1.807) is 0 Å². The zero-order valence-corrected chi connectivity index (χ0v) is 36.0. The third-order valence-corrected chi connectivity index (χ3v) is 13.5. The first-order valence-electron chi connectivity index (χ1n) is 21.0. The molecule has 0 amide bonds. The second-order valence-corrected chi connectivity index (χ2v) is 18.6. The first-order chi connectivity index (χ1) is 24.1. The van der Waals surface area contributed by atoms with Crippen LogP contribution in [0, 0.1) is 11.8 Å². The zero-order chi connectivity index (χ0) is 37.0. The molecule has 0 aliphatic rings. The zero-order valence-electron chi connectivity index (χ0n) is 34.3. The van der Waals surface area contributed by atoms with Gasteiger partial charge in [0.05, 0.1) is 37.1 Å². The van der Waals surface area contributed by atoms with Crippen LogP contribution < -0.4 is 16.6 Å². The van der Waals surface area contributed by atoms with Gasteiger partial charge in [-0.15, -0.1) is 0 Å². The van der Waals surface area contributed by atoms with Crippen molar-refractivity contribution in [2.75, 3.05) is 36.5 Å². The van der Waals surface area contributed by atoms with E-state index in [-0.39, 0.29) is 5.54 Å². The minimum absolute atomic E-state index is 0.0401. The Kier molecular flexibility index (Phi) is 28.3. The lowest BCUT2D eigenvalue weighted by Gasteiger charge is -2.41. The van der Waals surface area contributed by atoms with Crippen LogP contribution in [0.2, 0.25) is 0 Å². The van der Waals surface area contributed by atoms with Crippen molar-refractivity contribution >= 4 is 30.3 Å². The Hall–Kier alpha value is -0.560. The van der Waals surface area contributed by atoms with Gasteiger partial charge in [0.1, 0.15) is 0 Å². The molecule has 50 heavy (non-hydrogen) atoms. The fraction of sp³-hybridized carbons (Fsp3) is 0.857. The quantitative estimate of drug-likeness (QED) is 0.0182. The van der Waals surface area contributed by atoms with Crippen LogP contribution in [0.15, 0.2) is 18.2 Å². The van der Waals surface area contributed by atoms with Crippen LogP contribution in [0.4, 0.5) is 11.4 Å². The fourth-order valence-corrected chi connectivity index (χ4v) is 9.51. The molecule has 0 fully saturated rings. The summed E-state index contributed by atoms with van der Waals surface area (Å²) in [5.41, 5.74) is 9.46. The topological polar surface area (TPSA) is 77.0 Å². The first-order valence-corrected chi connectivity index (χ1v) is 23.8. The number of unbranched alkanes of at least 4 members (excludes halogenated alkanes) is 11. The van der Waals surface area contributed by atoms with Gasteiger partial charge in [-0.1, -0.05) is 162 Å². The number of aryl methyl sites for hydroxylation is 1. The standard InChI is InChI=1S/C42H83N4O2PS/c1-9-15-19-20-21-22-23-25-31-42(7,8)45(35-46(44)41-32-39(27-18-12-4)29-30-40(41)43)36-50-49(47-33-37(13-5)26-17-11-3)48-34-38(14-6)28-24-16-10-2/h29-30,32,37-38H,9-28,31,33-36,43-44H2,1-8H3. The summed E-state index contributed by atoms with van der Waals surface area (Å²) in [6.07, 6.45) is 26.3. The molecule has 0 saturated heterocycles. The maximum atomic E-state index is 6.91. The van der Waals surface area contributed by atoms with E-state index < -0.39 is 7.58 Å². The molecular weight excluding hydrogens is 656 g/mol. The Morgan fingerprint density at radius 1 is 0.720 bits per heavy atom. The van der Waals surface area contributed by atoms with E-state index in [9.17, 15) is 0 Å². The Morgan fingerprint density at radius 3 is 1.84 bits per heavy atom. The third-order valence-electron chi connectivity index (χ3n) is 10.5. The summed E-state index contributed by atoms with van der Waals surface area (Å²) < 4.78 is 13.4. The number of nitrogen functional groups attached to an aromatic ring is 1. The van der Waals surface area contributed by atoms with E-state index in [0.717, 1.165) is 56.1 Å². The summed E-state index contributed by atoms with van der Waals surface area (Å²) in [6.45, 7) is 20.7. The average molecular weight is 739 g/mol. The summed E-state index contributed by atoms with van der Waals surface area (Å²) in [5, 5.41) is 1.88. The van der Waals surface area contributed by atoms with Crippen LogP contribution in [0.1, 0.15) is 189 Å². The molecule has 0 aliphatic heterocycles. The molecule has 3 unspecified atom stereocenters. The Labute approximate surface area is 317 Å². The maximum absolute atomic E-state index is 6.91. The molecule has 0 bridgehead atoms. The van der Waals surface area contributed by atoms with Gasteiger partial charge in [-0.3, -0.25) is 9.91 Å². The highest BCUT2D eigenvalue weighted by Crippen LogP contribution is 2.53. The van der Waals surface area contributed by atoms with Crippen molar-refractivity contribution in [3.63, 3.8) is 0 Å². The molecule has 294 valence electrons. The van der Waals surface area contributed by atoms with Crippen molar-refractivity contribution in [1.29, 1.82) is 0 Å². The van der Waals surface area contributed by atoms with E-state index in [0.29, 0.717) is 18.5 Å². The van der Waals surface area contributed by atoms with E-state index in [2.05, 4.69) is 72.4 Å². The van der Waals surface area contributed by atoms with Crippen LogP contribution in [-0.2, 0) is 15.5 Å². The van der Waals surface area contributed by atoms with Gasteiger partial charge >= 0.3 is 0 Å². The van der Waals surface area contributed by atoms with Crippen LogP contribution >= 0.6 is 19.0 Å². The second kappa shape index (κ2) is 29.8. The highest BCUT2D eigenvalue weighted by Gasteiger charge is 2.30. The lowest BCUT2D eigenvalue weighted by atomic mass is 9.94. The second-order valence-electron chi connectivity index (χ2n) is 15.4. The number of hydrazine groups is 1. The van der Waals surface area contributed by atoms with Crippen molar-refractivity contribution in [3.05, 3.63) is 23.8 Å². The van der Waals surface area contributed by atoms with Crippen molar-refractivity contribution in [1.82, 2.24) is 4.90 Å². The number of benzene rings is 1. The van der Waals surface area contributed by atoms with Gasteiger partial charge in [-0.25, -0.2) is 5.84 Å². The van der Waals surface area contributed by atoms with Crippen molar-refractivity contribution in [2.24, 2.45) is 17.7 Å². The molecular formula is C42H83N4O2PS. The first kappa shape index (κ1) is 47.5. The number of nitrogens with zero attached hydrogens (tertiary/aromatic N) is 2. The number of anilines is 2. The number of hydrogen-bond donors (Lipinski definition) is 2. The predicted octanol–water partition coefficient (Wildman–Crippen LogP) is 13.6. The molecule has 0 spiro atoms. The molecule has 8 heteroatoms. The molecule has 1 aromatic rings. The van der Waals surface area contributed by atoms with Gasteiger partial charge in [0.2, 0.25) is 7.58 Å². The third kappa shape index (κ3) is 21.2. The van der Waals surface area contributed by atoms with Crippen molar-refractivity contribution in [3.8, 4) is 0 Å². The highest BCUT2D eigenvalue weighted by molar-refractivity contribution is 8.52. The summed E-state index contributed by atoms with van der Waals surface area (Å²) in [7, 11) is -1.08. The van der Waals surface area contributed by atoms with Crippen molar-refractivity contribution in [2.45, 2.75) is 196 Å². The Balaban J connectivity index is 3.14. The molecule has 0 heterocycles. The number of nitrogens with two attached hydrogens (primary N) is 2. The lowest BCUT2D eigenvalue weighted by Crippen LogP contribution is -2.51. The van der Waals surface area contributed by atoms with Crippen LogP contribution in [0.25, 0.3) is 0 Å². The summed E-state index contributed by atoms with van der Waals surface area (Å²) in [5.74, 6) is 8.90. The van der Waals surface area contributed by atoms with Crippen LogP contribution in [0.3, 0.4) is 0 Å². The molecule has 0 saturated carbocycles. The lowest BCUT2D eigenvalue weighted by molar-refractivity contribution is 0.133. The minimum atomic E-state index is -1.08. The van der Waals surface area contributed by atoms with Crippen LogP contribution in [0.5, 0.6) is 0 Å². The molecule has 3 atom stereocenters. The molecule has 6 nitrogen and oxygen atoms in total. The largest absolute Gasteiger partial charge is 0.397 e. The smallest absolute Gasteiger partial charge is 0.239 e. The van der Waals surface area contributed by atoms with Crippen molar-refractivity contribution < 1.29 is 9.05 Å². The maximum Gasteiger partial charge on any atom is 0.239 e. The average Bonchev–Trinajstić information content (AvgIpc) is 3.11. The Morgan fingerprint density at radius 2 is 1.26 bits per heavy atom. The van der Waals surface area contributed by atoms with Gasteiger partial charge in [-0.2, -0.15) is 0 Å². The highest BCUT2D eigenvalue weighted by atomic mass is 32.7. The predicted molar refractivity (Wildman–Crippen MR) is 227 cm³/mol. The van der Waals surface area contributed by atoms with Gasteiger partial charge in [0.15, 0.2) is 0 Å². The van der Waals surface area contributed by atoms with E-state index in [1.165, 1.54) is 115 Å². The van der Waals surface area contributed by atoms with Gasteiger partial charge in [0, 0.05) is 5.54 Å². The summed E-state index contributed by atoms with van der Waals surface area (Å²) >= 11 is 1.86.